The second-order valence-electron chi connectivity index (χ2n) is 7.80. The van der Waals surface area contributed by atoms with Crippen molar-refractivity contribution in [3.8, 4) is 11.3 Å². The van der Waals surface area contributed by atoms with Crippen LogP contribution in [0.25, 0.3) is 17.4 Å². The summed E-state index contributed by atoms with van der Waals surface area (Å²) in [5.41, 5.74) is 0.100. The van der Waals surface area contributed by atoms with Crippen LogP contribution in [0, 0.1) is 10.1 Å². The normalized spacial score (nSPS) is 14.3. The number of halogens is 3. The Hall–Kier alpha value is -4.12. The Morgan fingerprint density at radius 2 is 1.89 bits per heavy atom. The molecule has 0 atom stereocenters. The number of nitrogens with one attached hydrogen (secondary N) is 2. The summed E-state index contributed by atoms with van der Waals surface area (Å²) in [5, 5.41) is 17.3. The van der Waals surface area contributed by atoms with Crippen LogP contribution < -0.4 is 15.5 Å². The molecule has 0 radical (unpaired) electrons. The number of alkyl halides is 3. The van der Waals surface area contributed by atoms with Crippen molar-refractivity contribution in [2.75, 3.05) is 36.4 Å². The molecule has 0 spiro atoms. The second-order valence-corrected chi connectivity index (χ2v) is 7.80. The molecule has 0 unspecified atom stereocenters. The predicted molar refractivity (Wildman–Crippen MR) is 125 cm³/mol. The van der Waals surface area contributed by atoms with E-state index >= 15 is 0 Å². The number of benzene rings is 2. The lowest BCUT2D eigenvalue weighted by atomic mass is 10.1. The molecule has 2 heterocycles. The van der Waals surface area contributed by atoms with Gasteiger partial charge in [-0.3, -0.25) is 14.9 Å². The maximum Gasteiger partial charge on any atom is 0.416 e. The fourth-order valence-electron chi connectivity index (χ4n) is 3.71. The molecule has 3 aromatic rings. The smallest absolute Gasteiger partial charge is 0.416 e. The Morgan fingerprint density at radius 3 is 2.60 bits per heavy atom. The minimum absolute atomic E-state index is 0.106. The van der Waals surface area contributed by atoms with Crippen molar-refractivity contribution < 1.29 is 27.3 Å². The van der Waals surface area contributed by atoms with Crippen LogP contribution in [0.5, 0.6) is 0 Å². The van der Waals surface area contributed by atoms with Crippen LogP contribution in [-0.4, -0.2) is 37.0 Å². The van der Waals surface area contributed by atoms with Gasteiger partial charge in [0.2, 0.25) is 5.91 Å². The van der Waals surface area contributed by atoms with Gasteiger partial charge in [0.25, 0.3) is 5.69 Å². The van der Waals surface area contributed by atoms with Crippen LogP contribution in [0.3, 0.4) is 0 Å². The number of nitrogens with zero attached hydrogens (tertiary/aromatic N) is 2. The number of carbonyl (C=O) groups excluding carboxylic acids is 1. The first-order valence-electron chi connectivity index (χ1n) is 10.7. The zero-order chi connectivity index (χ0) is 25.0. The number of nitro groups is 1. The van der Waals surface area contributed by atoms with Crippen LogP contribution in [0.1, 0.15) is 11.3 Å². The molecule has 1 fully saturated rings. The summed E-state index contributed by atoms with van der Waals surface area (Å²) in [6, 6.07) is 12.3. The van der Waals surface area contributed by atoms with Crippen molar-refractivity contribution in [3.05, 3.63) is 82.1 Å². The number of anilines is 2. The lowest BCUT2D eigenvalue weighted by Gasteiger charge is -2.29. The van der Waals surface area contributed by atoms with Gasteiger partial charge < -0.3 is 20.0 Å². The van der Waals surface area contributed by atoms with E-state index in [2.05, 4.69) is 10.6 Å². The minimum atomic E-state index is -4.47. The van der Waals surface area contributed by atoms with Gasteiger partial charge >= 0.3 is 6.18 Å². The molecule has 1 aromatic heterocycles. The number of amides is 1. The van der Waals surface area contributed by atoms with Crippen LogP contribution >= 0.6 is 0 Å². The van der Waals surface area contributed by atoms with Gasteiger partial charge in [-0.2, -0.15) is 13.2 Å². The lowest BCUT2D eigenvalue weighted by Crippen LogP contribution is -2.43. The largest absolute Gasteiger partial charge is 0.457 e. The second kappa shape index (κ2) is 10.0. The Kier molecular flexibility index (Phi) is 6.87. The van der Waals surface area contributed by atoms with Crippen molar-refractivity contribution in [1.82, 2.24) is 5.32 Å². The molecule has 4 rings (SSSR count). The maximum absolute atomic E-state index is 12.9. The van der Waals surface area contributed by atoms with Crippen molar-refractivity contribution in [1.29, 1.82) is 0 Å². The Bertz CT molecular complexity index is 1260. The van der Waals surface area contributed by atoms with Gasteiger partial charge in [-0.25, -0.2) is 0 Å². The SMILES string of the molecule is O=C(/C=C/c1ccc(-c2cccc(C(F)(F)F)c2)o1)Nc1ccc(N2CCNCC2)c([N+](=O)[O-])c1. The van der Waals surface area contributed by atoms with E-state index in [4.69, 9.17) is 4.42 Å². The number of furan rings is 1. The van der Waals surface area contributed by atoms with Crippen molar-refractivity contribution in [2.24, 2.45) is 0 Å². The average Bonchev–Trinajstić information content (AvgIpc) is 3.32. The van der Waals surface area contributed by atoms with E-state index < -0.39 is 22.6 Å². The summed E-state index contributed by atoms with van der Waals surface area (Å²) >= 11 is 0. The number of hydrogen-bond donors (Lipinski definition) is 2. The minimum Gasteiger partial charge on any atom is -0.457 e. The predicted octanol–water partition coefficient (Wildman–Crippen LogP) is 4.94. The van der Waals surface area contributed by atoms with Gasteiger partial charge in [0.05, 0.1) is 10.5 Å². The van der Waals surface area contributed by atoms with Crippen molar-refractivity contribution >= 4 is 29.0 Å². The molecule has 2 N–H and O–H groups in total. The van der Waals surface area contributed by atoms with Gasteiger partial charge in [0.1, 0.15) is 17.2 Å². The van der Waals surface area contributed by atoms with Crippen LogP contribution in [0.15, 0.2) is 65.1 Å². The van der Waals surface area contributed by atoms with Gasteiger partial charge in [-0.1, -0.05) is 12.1 Å². The number of carbonyl (C=O) groups is 1. The zero-order valence-electron chi connectivity index (χ0n) is 18.3. The van der Waals surface area contributed by atoms with E-state index in [1.807, 2.05) is 4.90 Å². The highest BCUT2D eigenvalue weighted by Gasteiger charge is 2.30. The highest BCUT2D eigenvalue weighted by atomic mass is 19.4. The highest BCUT2D eigenvalue weighted by molar-refractivity contribution is 6.02. The summed E-state index contributed by atoms with van der Waals surface area (Å²) in [7, 11) is 0. The molecule has 35 heavy (non-hydrogen) atoms. The molecule has 1 aliphatic rings. The quantitative estimate of drug-likeness (QED) is 0.291. The first-order chi connectivity index (χ1) is 16.7. The molecule has 182 valence electrons. The lowest BCUT2D eigenvalue weighted by molar-refractivity contribution is -0.384. The molecule has 1 amide bonds. The Morgan fingerprint density at radius 1 is 1.11 bits per heavy atom. The molecule has 1 saturated heterocycles. The number of nitro benzene ring substituents is 1. The fourth-order valence-corrected chi connectivity index (χ4v) is 3.71. The van der Waals surface area contributed by atoms with Gasteiger partial charge in [0, 0.05) is 49.6 Å². The van der Waals surface area contributed by atoms with Gasteiger partial charge in [0.15, 0.2) is 0 Å². The number of piperazine rings is 1. The monoisotopic (exact) mass is 486 g/mol. The summed E-state index contributed by atoms with van der Waals surface area (Å²) in [5.74, 6) is -0.0749. The van der Waals surface area contributed by atoms with Crippen molar-refractivity contribution in [3.63, 3.8) is 0 Å². The molecule has 11 heteroatoms. The third kappa shape index (κ3) is 5.87. The zero-order valence-corrected chi connectivity index (χ0v) is 18.3. The van der Waals surface area contributed by atoms with E-state index in [0.717, 1.165) is 25.2 Å². The fraction of sp³-hybridized carbons (Fsp3) is 0.208. The summed E-state index contributed by atoms with van der Waals surface area (Å²) in [6.07, 6.45) is -1.94. The number of rotatable bonds is 6. The summed E-state index contributed by atoms with van der Waals surface area (Å²) in [4.78, 5) is 25.3. The molecular formula is C24H21F3N4O4. The maximum atomic E-state index is 12.9. The molecule has 0 bridgehead atoms. The molecule has 8 nitrogen and oxygen atoms in total. The van der Waals surface area contributed by atoms with Crippen molar-refractivity contribution in [2.45, 2.75) is 6.18 Å². The summed E-state index contributed by atoms with van der Waals surface area (Å²) in [6.45, 7) is 2.73. The van der Waals surface area contributed by atoms with E-state index in [-0.39, 0.29) is 28.5 Å². The standard InChI is InChI=1S/C24H21F3N4O4/c25-24(26,27)17-3-1-2-16(14-17)22-8-5-19(35-22)6-9-23(32)29-18-4-7-20(21(15-18)31(33)34)30-12-10-28-11-13-30/h1-9,14-15,28H,10-13H2,(H,29,32)/b9-6+. The van der Waals surface area contributed by atoms with E-state index in [0.29, 0.717) is 18.8 Å². The van der Waals surface area contributed by atoms with Gasteiger partial charge in [-0.05, 0) is 42.5 Å². The third-order valence-electron chi connectivity index (χ3n) is 5.40. The Balaban J connectivity index is 1.44. The summed E-state index contributed by atoms with van der Waals surface area (Å²) < 4.78 is 44.3. The first kappa shape index (κ1) is 24.0. The Labute approximate surface area is 198 Å². The molecule has 0 saturated carbocycles. The van der Waals surface area contributed by atoms with Crippen LogP contribution in [-0.2, 0) is 11.0 Å². The van der Waals surface area contributed by atoms with E-state index in [9.17, 15) is 28.1 Å². The van der Waals surface area contributed by atoms with E-state index in [1.54, 1.807) is 12.1 Å². The first-order valence-corrected chi connectivity index (χ1v) is 10.7. The average molecular weight is 486 g/mol. The highest BCUT2D eigenvalue weighted by Crippen LogP contribution is 2.33. The van der Waals surface area contributed by atoms with Crippen LogP contribution in [0.2, 0.25) is 0 Å². The van der Waals surface area contributed by atoms with Gasteiger partial charge in [-0.15, -0.1) is 0 Å². The molecule has 1 aliphatic heterocycles. The molecule has 2 aromatic carbocycles. The molecular weight excluding hydrogens is 465 g/mol. The molecule has 0 aliphatic carbocycles. The van der Waals surface area contributed by atoms with Crippen LogP contribution in [0.4, 0.5) is 30.2 Å². The van der Waals surface area contributed by atoms with E-state index in [1.165, 1.54) is 42.5 Å². The number of hydrogen-bond acceptors (Lipinski definition) is 6. The third-order valence-corrected chi connectivity index (χ3v) is 5.40. The topological polar surface area (TPSA) is 101 Å².